The molecule has 4 heterocycles. The zero-order chi connectivity index (χ0) is 28.1. The van der Waals surface area contributed by atoms with Gasteiger partial charge in [-0.2, -0.15) is 10.2 Å². The third kappa shape index (κ3) is 7.82. The molecule has 0 atom stereocenters. The lowest BCUT2D eigenvalue weighted by Gasteiger charge is -2.26. The van der Waals surface area contributed by atoms with Crippen molar-refractivity contribution in [1.29, 1.82) is 0 Å². The molecule has 1 aliphatic heterocycles. The van der Waals surface area contributed by atoms with Crippen LogP contribution >= 0.6 is 7.82 Å². The smallest absolute Gasteiger partial charge is 0.489 e. The van der Waals surface area contributed by atoms with Crippen LogP contribution in [0.1, 0.15) is 5.56 Å². The first-order valence-electron chi connectivity index (χ1n) is 12.4. The van der Waals surface area contributed by atoms with Crippen molar-refractivity contribution in [2.24, 2.45) is 7.05 Å². The lowest BCUT2D eigenvalue weighted by molar-refractivity contribution is 0.0322. The molecule has 0 bridgehead atoms. The van der Waals surface area contributed by atoms with Gasteiger partial charge in [-0.05, 0) is 11.6 Å². The van der Waals surface area contributed by atoms with Crippen LogP contribution in [0.4, 0.5) is 0 Å². The van der Waals surface area contributed by atoms with Crippen LogP contribution in [0.15, 0.2) is 60.0 Å². The topological polar surface area (TPSA) is 198 Å². The molecule has 0 amide bonds. The fraction of sp³-hybridized carbons (Fsp3) is 0.320. The van der Waals surface area contributed by atoms with Gasteiger partial charge in [-0.15, -0.1) is 0 Å². The van der Waals surface area contributed by atoms with Gasteiger partial charge >= 0.3 is 7.82 Å². The van der Waals surface area contributed by atoms with E-state index in [-0.39, 0.29) is 23.3 Å². The van der Waals surface area contributed by atoms with Crippen molar-refractivity contribution in [2.45, 2.75) is 6.54 Å². The number of aryl methyl sites for hydroxylation is 1. The molecule has 1 fully saturated rings. The normalized spacial score (nSPS) is 13.9. The van der Waals surface area contributed by atoms with Crippen LogP contribution < -0.4 is 14.8 Å². The number of nitrogens with zero attached hydrogens (tertiary/aromatic N) is 7. The predicted octanol–water partition coefficient (Wildman–Crippen LogP) is 0.507. The maximum atomic E-state index is 13.4. The summed E-state index contributed by atoms with van der Waals surface area (Å²) < 4.78 is 30.0. The van der Waals surface area contributed by atoms with Gasteiger partial charge in [0.15, 0.2) is 17.3 Å². The molecule has 0 unspecified atom stereocenters. The highest BCUT2D eigenvalue weighted by atomic mass is 31.2. The summed E-state index contributed by atoms with van der Waals surface area (Å²) in [6.07, 6.45) is 7.30. The molecule has 4 N–H and O–H groups in total. The van der Waals surface area contributed by atoms with Crippen LogP contribution in [0.3, 0.4) is 0 Å². The molecule has 0 saturated carbocycles. The second kappa shape index (κ2) is 13.1. The van der Waals surface area contributed by atoms with E-state index < -0.39 is 13.4 Å². The van der Waals surface area contributed by atoms with Gasteiger partial charge in [0.1, 0.15) is 6.61 Å². The third-order valence-corrected chi connectivity index (χ3v) is 6.58. The number of morpholine rings is 1. The van der Waals surface area contributed by atoms with Crippen molar-refractivity contribution >= 4 is 7.82 Å². The molecular weight excluding hydrogens is 557 g/mol. The minimum Gasteiger partial charge on any atom is -0.489 e. The summed E-state index contributed by atoms with van der Waals surface area (Å²) >= 11 is 0. The van der Waals surface area contributed by atoms with Gasteiger partial charge in [0, 0.05) is 44.0 Å². The standard InChI is InChI=1S/C25H28N7O7P.H2O/c1-30-17-20(12-28-30)23-22(39-40(34,35)36)15-29-32(25(23)33)16-18-3-2-4-19(11-18)24-26-13-21(14-27-24)38-10-7-31-5-8-37-9-6-31;/h2-4,11-15,17H,5-10,16H2,1H3,(H2,34,35,36);1H2. The minimum absolute atomic E-state index is 0. The first-order valence-corrected chi connectivity index (χ1v) is 14.0. The molecule has 1 saturated heterocycles. The zero-order valence-electron chi connectivity index (χ0n) is 22.2. The number of hydrogen-bond acceptors (Lipinski definition) is 10. The number of benzene rings is 1. The summed E-state index contributed by atoms with van der Waals surface area (Å²) in [5, 5.41) is 8.12. The number of rotatable bonds is 10. The maximum absolute atomic E-state index is 13.4. The van der Waals surface area contributed by atoms with E-state index in [1.165, 1.54) is 15.6 Å². The van der Waals surface area contributed by atoms with E-state index in [1.54, 1.807) is 25.6 Å². The highest BCUT2D eigenvalue weighted by molar-refractivity contribution is 7.46. The van der Waals surface area contributed by atoms with Crippen LogP contribution in [0.5, 0.6) is 11.5 Å². The van der Waals surface area contributed by atoms with Gasteiger partial charge in [0.25, 0.3) is 5.56 Å². The summed E-state index contributed by atoms with van der Waals surface area (Å²) in [5.74, 6) is 0.727. The Bertz CT molecular complexity index is 1560. The van der Waals surface area contributed by atoms with E-state index in [0.717, 1.165) is 50.2 Å². The van der Waals surface area contributed by atoms with Crippen LogP contribution in [0.25, 0.3) is 22.5 Å². The van der Waals surface area contributed by atoms with Crippen molar-refractivity contribution < 1.29 is 33.8 Å². The lowest BCUT2D eigenvalue weighted by Crippen LogP contribution is -2.38. The van der Waals surface area contributed by atoms with E-state index in [4.69, 9.17) is 14.0 Å². The van der Waals surface area contributed by atoms with E-state index in [0.29, 0.717) is 23.7 Å². The second-order valence-electron chi connectivity index (χ2n) is 9.08. The molecular formula is C25H30N7O8P. The molecule has 4 aromatic rings. The molecule has 15 nitrogen and oxygen atoms in total. The lowest BCUT2D eigenvalue weighted by atomic mass is 10.1. The van der Waals surface area contributed by atoms with Gasteiger partial charge in [-0.25, -0.2) is 19.2 Å². The first kappa shape index (κ1) is 30.0. The van der Waals surface area contributed by atoms with E-state index in [2.05, 4.69) is 25.1 Å². The number of phosphoric ester groups is 1. The number of phosphoric acid groups is 1. The molecule has 3 aromatic heterocycles. The SMILES string of the molecule is Cn1cc(-c2c(OP(=O)(O)O)cnn(Cc3cccc(-c4ncc(OCCN5CCOCC5)cn4)c3)c2=O)cn1.O. The van der Waals surface area contributed by atoms with Crippen LogP contribution in [0, 0.1) is 0 Å². The Morgan fingerprint density at radius 2 is 1.80 bits per heavy atom. The highest BCUT2D eigenvalue weighted by Crippen LogP contribution is 2.40. The Morgan fingerprint density at radius 3 is 2.49 bits per heavy atom. The minimum atomic E-state index is -4.93. The summed E-state index contributed by atoms with van der Waals surface area (Å²) in [7, 11) is -3.27. The Labute approximate surface area is 234 Å². The summed E-state index contributed by atoms with van der Waals surface area (Å²) in [4.78, 5) is 43.1. The van der Waals surface area contributed by atoms with Crippen LogP contribution in [-0.2, 0) is 22.9 Å². The summed E-state index contributed by atoms with van der Waals surface area (Å²) in [5.41, 5.74) is 1.15. The fourth-order valence-electron chi connectivity index (χ4n) is 4.24. The van der Waals surface area contributed by atoms with E-state index in [9.17, 15) is 19.1 Å². The molecule has 41 heavy (non-hydrogen) atoms. The second-order valence-corrected chi connectivity index (χ2v) is 10.2. The molecule has 0 aliphatic carbocycles. The average Bonchev–Trinajstić information content (AvgIpc) is 3.36. The Hall–Kier alpha value is -3.98. The maximum Gasteiger partial charge on any atom is 0.524 e. The van der Waals surface area contributed by atoms with Crippen molar-refractivity contribution in [3.63, 3.8) is 0 Å². The van der Waals surface area contributed by atoms with Gasteiger partial charge < -0.3 is 19.5 Å². The molecule has 16 heteroatoms. The van der Waals surface area contributed by atoms with Gasteiger partial charge in [-0.1, -0.05) is 18.2 Å². The molecule has 5 rings (SSSR count). The third-order valence-electron chi connectivity index (χ3n) is 6.15. The molecule has 1 aliphatic rings. The van der Waals surface area contributed by atoms with Crippen molar-refractivity contribution in [1.82, 2.24) is 34.4 Å². The quantitative estimate of drug-likeness (QED) is 0.244. The summed E-state index contributed by atoms with van der Waals surface area (Å²) in [6, 6.07) is 7.34. The zero-order valence-corrected chi connectivity index (χ0v) is 23.1. The number of hydrogen-bond donors (Lipinski definition) is 2. The van der Waals surface area contributed by atoms with Crippen LogP contribution in [-0.4, -0.2) is 89.1 Å². The molecule has 0 radical (unpaired) electrons. The number of aromatic nitrogens is 6. The Morgan fingerprint density at radius 1 is 1.05 bits per heavy atom. The largest absolute Gasteiger partial charge is 0.524 e. The van der Waals surface area contributed by atoms with E-state index in [1.807, 2.05) is 24.3 Å². The van der Waals surface area contributed by atoms with Gasteiger partial charge in [0.2, 0.25) is 0 Å². The Balaban J connectivity index is 0.00000387. The summed E-state index contributed by atoms with van der Waals surface area (Å²) in [6.45, 7) is 4.68. The first-order chi connectivity index (χ1) is 19.2. The highest BCUT2D eigenvalue weighted by Gasteiger charge is 2.23. The predicted molar refractivity (Wildman–Crippen MR) is 146 cm³/mol. The fourth-order valence-corrected chi connectivity index (χ4v) is 4.63. The van der Waals surface area contributed by atoms with Gasteiger partial charge in [-0.3, -0.25) is 24.2 Å². The molecule has 0 spiro atoms. The van der Waals surface area contributed by atoms with Crippen molar-refractivity contribution in [2.75, 3.05) is 39.5 Å². The average molecular weight is 588 g/mol. The Kier molecular flexibility index (Phi) is 9.60. The van der Waals surface area contributed by atoms with Crippen molar-refractivity contribution in [3.8, 4) is 34.0 Å². The van der Waals surface area contributed by atoms with Crippen molar-refractivity contribution in [3.05, 3.63) is 71.2 Å². The monoisotopic (exact) mass is 587 g/mol. The molecule has 218 valence electrons. The van der Waals surface area contributed by atoms with Gasteiger partial charge in [0.05, 0.1) is 50.1 Å². The van der Waals surface area contributed by atoms with Crippen LogP contribution in [0.2, 0.25) is 0 Å². The number of ether oxygens (including phenoxy) is 2. The van der Waals surface area contributed by atoms with E-state index >= 15 is 0 Å². The molecule has 1 aromatic carbocycles.